The van der Waals surface area contributed by atoms with Gasteiger partial charge in [0.25, 0.3) is 0 Å². The van der Waals surface area contributed by atoms with E-state index in [0.29, 0.717) is 5.56 Å². The molecule has 7 nitrogen and oxygen atoms in total. The molecule has 1 aromatic rings. The molecule has 7 heteroatoms. The van der Waals surface area contributed by atoms with Gasteiger partial charge in [0.05, 0.1) is 12.8 Å². The number of rotatable bonds is 4. The molecule has 17 heavy (non-hydrogen) atoms. The van der Waals surface area contributed by atoms with Gasteiger partial charge >= 0.3 is 5.97 Å². The van der Waals surface area contributed by atoms with Crippen LogP contribution in [-0.4, -0.2) is 22.4 Å². The Morgan fingerprint density at radius 2 is 2.41 bits per heavy atom. The van der Waals surface area contributed by atoms with Crippen molar-refractivity contribution < 1.29 is 9.53 Å². The van der Waals surface area contributed by atoms with E-state index < -0.39 is 11.5 Å². The highest BCUT2D eigenvalue weighted by Crippen LogP contribution is 2.29. The molecule has 0 aromatic carbocycles. The Balaban J connectivity index is 3.30. The van der Waals surface area contributed by atoms with Crippen molar-refractivity contribution in [3.63, 3.8) is 0 Å². The summed E-state index contributed by atoms with van der Waals surface area (Å²) in [5.41, 5.74) is 8.54. The number of carbonyl (C=O) groups is 1. The van der Waals surface area contributed by atoms with E-state index in [9.17, 15) is 4.79 Å². The highest BCUT2D eigenvalue weighted by Gasteiger charge is 2.38. The van der Waals surface area contributed by atoms with Gasteiger partial charge in [0.15, 0.2) is 5.54 Å². The van der Waals surface area contributed by atoms with Crippen molar-refractivity contribution in [3.05, 3.63) is 27.9 Å². The fourth-order valence-corrected chi connectivity index (χ4v) is 1.54. The smallest absolute Gasteiger partial charge is 0.322 e. The summed E-state index contributed by atoms with van der Waals surface area (Å²) >= 11 is 0. The van der Waals surface area contributed by atoms with Gasteiger partial charge in [0.1, 0.15) is 0 Å². The summed E-state index contributed by atoms with van der Waals surface area (Å²) in [7, 11) is 1.75. The third-order valence-corrected chi connectivity index (χ3v) is 2.68. The van der Waals surface area contributed by atoms with Crippen LogP contribution >= 0.6 is 0 Å². The van der Waals surface area contributed by atoms with Crippen LogP contribution in [0.25, 0.3) is 10.4 Å². The SMILES string of the molecule is CCOC(=O)C(C)(N=[N+]=[N-])c1cnn(C)c1C. The lowest BCUT2D eigenvalue weighted by Gasteiger charge is -2.21. The third-order valence-electron chi connectivity index (χ3n) is 2.68. The summed E-state index contributed by atoms with van der Waals surface area (Å²) in [4.78, 5) is 14.6. The predicted molar refractivity (Wildman–Crippen MR) is 61.1 cm³/mol. The van der Waals surface area contributed by atoms with Crippen LogP contribution in [0.1, 0.15) is 25.1 Å². The van der Waals surface area contributed by atoms with Gasteiger partial charge in [-0.2, -0.15) is 5.10 Å². The van der Waals surface area contributed by atoms with E-state index >= 15 is 0 Å². The molecule has 1 unspecified atom stereocenters. The van der Waals surface area contributed by atoms with Gasteiger partial charge < -0.3 is 4.74 Å². The van der Waals surface area contributed by atoms with Crippen molar-refractivity contribution >= 4 is 5.97 Å². The van der Waals surface area contributed by atoms with Gasteiger partial charge in [-0.3, -0.25) is 9.48 Å². The van der Waals surface area contributed by atoms with Gasteiger partial charge in [-0.15, -0.1) is 0 Å². The maximum atomic E-state index is 11.9. The number of aromatic nitrogens is 2. The fraction of sp³-hybridized carbons (Fsp3) is 0.600. The lowest BCUT2D eigenvalue weighted by Crippen LogP contribution is -2.32. The molecule has 0 spiro atoms. The molecule has 0 aliphatic carbocycles. The second-order valence-electron chi connectivity index (χ2n) is 3.75. The molecule has 0 saturated heterocycles. The molecular weight excluding hydrogens is 222 g/mol. The Morgan fingerprint density at radius 3 is 2.82 bits per heavy atom. The quantitative estimate of drug-likeness (QED) is 0.346. The van der Waals surface area contributed by atoms with Crippen molar-refractivity contribution in [2.75, 3.05) is 6.61 Å². The molecule has 0 saturated carbocycles. The first-order valence-electron chi connectivity index (χ1n) is 5.20. The number of azide groups is 1. The summed E-state index contributed by atoms with van der Waals surface area (Å²) < 4.78 is 6.55. The van der Waals surface area contributed by atoms with E-state index in [1.54, 1.807) is 25.6 Å². The van der Waals surface area contributed by atoms with Crippen molar-refractivity contribution in [2.45, 2.75) is 26.3 Å². The topological polar surface area (TPSA) is 92.9 Å². The van der Waals surface area contributed by atoms with Crippen LogP contribution < -0.4 is 0 Å². The first kappa shape index (κ1) is 13.1. The standard InChI is InChI=1S/C10H15N5O2/c1-5-17-9(16)10(3,13-14-11)8-6-12-15(4)7(8)2/h6H,5H2,1-4H3. The molecule has 0 amide bonds. The molecule has 0 bridgehead atoms. The molecule has 1 heterocycles. The number of aryl methyl sites for hydroxylation is 1. The molecule has 1 rings (SSSR count). The summed E-state index contributed by atoms with van der Waals surface area (Å²) in [5.74, 6) is -0.575. The van der Waals surface area contributed by atoms with Crippen LogP contribution in [0.5, 0.6) is 0 Å². The van der Waals surface area contributed by atoms with Crippen LogP contribution in [0.2, 0.25) is 0 Å². The van der Waals surface area contributed by atoms with E-state index in [2.05, 4.69) is 15.1 Å². The summed E-state index contributed by atoms with van der Waals surface area (Å²) in [6.45, 7) is 5.25. The van der Waals surface area contributed by atoms with Crippen LogP contribution in [-0.2, 0) is 22.1 Å². The zero-order chi connectivity index (χ0) is 13.1. The van der Waals surface area contributed by atoms with E-state index in [1.165, 1.54) is 13.1 Å². The fourth-order valence-electron chi connectivity index (χ4n) is 1.54. The predicted octanol–water partition coefficient (Wildman–Crippen LogP) is 1.82. The number of esters is 1. The highest BCUT2D eigenvalue weighted by atomic mass is 16.5. The molecule has 1 aromatic heterocycles. The monoisotopic (exact) mass is 237 g/mol. The van der Waals surface area contributed by atoms with Gasteiger partial charge in [0.2, 0.25) is 0 Å². The summed E-state index contributed by atoms with van der Waals surface area (Å²) in [6, 6.07) is 0. The van der Waals surface area contributed by atoms with E-state index in [1.807, 2.05) is 0 Å². The van der Waals surface area contributed by atoms with Crippen LogP contribution in [0, 0.1) is 6.92 Å². The zero-order valence-electron chi connectivity index (χ0n) is 10.3. The van der Waals surface area contributed by atoms with Gasteiger partial charge in [-0.1, -0.05) is 5.11 Å². The largest absolute Gasteiger partial charge is 0.465 e. The minimum atomic E-state index is -1.37. The molecular formula is C10H15N5O2. The maximum absolute atomic E-state index is 11.9. The first-order chi connectivity index (χ1) is 7.97. The third kappa shape index (κ3) is 2.24. The van der Waals surface area contributed by atoms with Crippen LogP contribution in [0.4, 0.5) is 0 Å². The van der Waals surface area contributed by atoms with E-state index in [0.717, 1.165) is 5.69 Å². The molecule has 1 atom stereocenters. The molecule has 0 aliphatic heterocycles. The normalized spacial score (nSPS) is 13.6. The van der Waals surface area contributed by atoms with E-state index in [4.69, 9.17) is 10.3 Å². The van der Waals surface area contributed by atoms with Gasteiger partial charge in [-0.25, -0.2) is 0 Å². The van der Waals surface area contributed by atoms with Gasteiger partial charge in [-0.05, 0) is 26.3 Å². The molecule has 0 N–H and O–H groups in total. The molecule has 92 valence electrons. The number of nitrogens with zero attached hydrogens (tertiary/aromatic N) is 5. The molecule has 0 fully saturated rings. The number of hydrogen-bond acceptors (Lipinski definition) is 4. The Kier molecular flexibility index (Phi) is 3.75. The minimum absolute atomic E-state index is 0.231. The summed E-state index contributed by atoms with van der Waals surface area (Å²) in [5, 5.41) is 7.60. The Bertz CT molecular complexity index is 475. The lowest BCUT2D eigenvalue weighted by atomic mass is 9.94. The highest BCUT2D eigenvalue weighted by molar-refractivity contribution is 5.82. The first-order valence-corrected chi connectivity index (χ1v) is 5.20. The number of carbonyl (C=O) groups excluding carboxylic acids is 1. The van der Waals surface area contributed by atoms with E-state index in [-0.39, 0.29) is 6.61 Å². The van der Waals surface area contributed by atoms with Crippen molar-refractivity contribution in [1.29, 1.82) is 0 Å². The molecule has 0 radical (unpaired) electrons. The van der Waals surface area contributed by atoms with Crippen molar-refractivity contribution in [1.82, 2.24) is 9.78 Å². The minimum Gasteiger partial charge on any atom is -0.465 e. The Hall–Kier alpha value is -2.01. The second-order valence-corrected chi connectivity index (χ2v) is 3.75. The average molecular weight is 237 g/mol. The second kappa shape index (κ2) is 4.88. The Morgan fingerprint density at radius 1 is 1.76 bits per heavy atom. The summed E-state index contributed by atoms with van der Waals surface area (Å²) in [6.07, 6.45) is 1.51. The van der Waals surface area contributed by atoms with Crippen molar-refractivity contribution in [3.8, 4) is 0 Å². The lowest BCUT2D eigenvalue weighted by molar-refractivity contribution is -0.149. The van der Waals surface area contributed by atoms with Crippen molar-refractivity contribution in [2.24, 2.45) is 12.2 Å². The zero-order valence-corrected chi connectivity index (χ0v) is 10.3. The average Bonchev–Trinajstić information content (AvgIpc) is 2.60. The Labute approximate surface area is 99.0 Å². The van der Waals surface area contributed by atoms with Crippen LogP contribution in [0.15, 0.2) is 11.3 Å². The van der Waals surface area contributed by atoms with Crippen LogP contribution in [0.3, 0.4) is 0 Å². The molecule has 0 aliphatic rings. The van der Waals surface area contributed by atoms with Gasteiger partial charge in [0, 0.05) is 23.2 Å². The number of hydrogen-bond donors (Lipinski definition) is 0. The number of ether oxygens (including phenoxy) is 1. The maximum Gasteiger partial charge on any atom is 0.322 e.